The molecule has 4 rings (SSSR count). The average molecular weight is 489 g/mol. The lowest BCUT2D eigenvalue weighted by Gasteiger charge is -2.33. The molecular weight excluding hydrogens is 456 g/mol. The van der Waals surface area contributed by atoms with Crippen LogP contribution in [0.15, 0.2) is 59.4 Å². The van der Waals surface area contributed by atoms with E-state index in [2.05, 4.69) is 51.4 Å². The number of carbonyl (C=O) groups is 1. The zero-order chi connectivity index (χ0) is 25.7. The summed E-state index contributed by atoms with van der Waals surface area (Å²) in [6.45, 7) is 9.09. The van der Waals surface area contributed by atoms with E-state index in [-0.39, 0.29) is 30.7 Å². The molecule has 0 spiro atoms. The first kappa shape index (κ1) is 25.2. The number of esters is 1. The first-order chi connectivity index (χ1) is 17.4. The van der Waals surface area contributed by atoms with E-state index < -0.39 is 5.97 Å². The van der Waals surface area contributed by atoms with E-state index >= 15 is 0 Å². The molecule has 36 heavy (non-hydrogen) atoms. The maximum Gasteiger partial charge on any atom is 0.327 e. The lowest BCUT2D eigenvalue weighted by atomic mass is 9.99. The van der Waals surface area contributed by atoms with Gasteiger partial charge >= 0.3 is 5.97 Å². The predicted molar refractivity (Wildman–Crippen MR) is 137 cm³/mol. The number of rotatable bonds is 10. The van der Waals surface area contributed by atoms with Crippen LogP contribution in [-0.4, -0.2) is 42.7 Å². The van der Waals surface area contributed by atoms with Gasteiger partial charge in [-0.2, -0.15) is 0 Å². The fourth-order valence-electron chi connectivity index (χ4n) is 4.51. The Morgan fingerprint density at radius 3 is 2.61 bits per heavy atom. The molecule has 0 aliphatic carbocycles. The van der Waals surface area contributed by atoms with Crippen molar-refractivity contribution in [1.82, 2.24) is 30.1 Å². The van der Waals surface area contributed by atoms with E-state index in [1.807, 2.05) is 49.4 Å². The predicted octanol–water partition coefficient (Wildman–Crippen LogP) is 3.79. The number of hydrogen-bond acceptors (Lipinski definition) is 7. The van der Waals surface area contributed by atoms with Crippen LogP contribution in [0.2, 0.25) is 0 Å². The maximum atomic E-state index is 13.1. The third-order valence-electron chi connectivity index (χ3n) is 6.11. The Balaban J connectivity index is 1.74. The number of hydrogen-bond donors (Lipinski definition) is 1. The van der Waals surface area contributed by atoms with Crippen molar-refractivity contribution >= 4 is 16.9 Å². The number of carbonyl (C=O) groups excluding carboxylic acids is 1. The smallest absolute Gasteiger partial charge is 0.327 e. The molecular formula is C27H32N6O3. The molecule has 1 atom stereocenters. The van der Waals surface area contributed by atoms with Crippen LogP contribution in [0.1, 0.15) is 49.3 Å². The molecule has 0 aliphatic rings. The summed E-state index contributed by atoms with van der Waals surface area (Å²) >= 11 is 0. The summed E-state index contributed by atoms with van der Waals surface area (Å²) in [6, 6.07) is 17.8. The Bertz CT molecular complexity index is 1380. The quantitative estimate of drug-likeness (QED) is 0.339. The molecule has 9 nitrogen and oxygen atoms in total. The molecule has 1 N–H and O–H groups in total. The summed E-state index contributed by atoms with van der Waals surface area (Å²) in [6.07, 6.45) is 0. The highest BCUT2D eigenvalue weighted by atomic mass is 16.5. The molecule has 2 aromatic heterocycles. The van der Waals surface area contributed by atoms with Crippen LogP contribution in [0.4, 0.5) is 0 Å². The van der Waals surface area contributed by atoms with Crippen LogP contribution < -0.4 is 5.56 Å². The number of fused-ring (bicyclic) bond motifs is 1. The van der Waals surface area contributed by atoms with Crippen molar-refractivity contribution in [3.05, 3.63) is 87.5 Å². The molecule has 0 amide bonds. The largest absolute Gasteiger partial charge is 0.465 e. The van der Waals surface area contributed by atoms with E-state index in [9.17, 15) is 9.59 Å². The van der Waals surface area contributed by atoms with Gasteiger partial charge < -0.3 is 9.72 Å². The summed E-state index contributed by atoms with van der Waals surface area (Å²) in [7, 11) is 0. The van der Waals surface area contributed by atoms with E-state index in [0.29, 0.717) is 24.5 Å². The van der Waals surface area contributed by atoms with Crippen LogP contribution in [0.25, 0.3) is 10.9 Å². The van der Waals surface area contributed by atoms with Gasteiger partial charge in [0.2, 0.25) is 0 Å². The van der Waals surface area contributed by atoms with Crippen molar-refractivity contribution in [2.24, 2.45) is 5.92 Å². The van der Waals surface area contributed by atoms with Gasteiger partial charge in [-0.1, -0.05) is 56.3 Å². The third kappa shape index (κ3) is 5.85. The lowest BCUT2D eigenvalue weighted by molar-refractivity contribution is -0.144. The molecule has 2 heterocycles. The summed E-state index contributed by atoms with van der Waals surface area (Å²) in [4.78, 5) is 30.5. The molecule has 0 radical (unpaired) electrons. The van der Waals surface area contributed by atoms with Crippen molar-refractivity contribution in [3.8, 4) is 0 Å². The van der Waals surface area contributed by atoms with Crippen molar-refractivity contribution in [3.63, 3.8) is 0 Å². The molecule has 0 aliphatic heterocycles. The summed E-state index contributed by atoms with van der Waals surface area (Å²) in [5.41, 5.74) is 3.53. The van der Waals surface area contributed by atoms with Gasteiger partial charge in [-0.15, -0.1) is 5.10 Å². The number of aromatic amines is 1. The zero-order valence-corrected chi connectivity index (χ0v) is 21.1. The number of H-pyrrole nitrogens is 1. The highest BCUT2D eigenvalue weighted by Gasteiger charge is 2.30. The number of nitrogens with zero attached hydrogens (tertiary/aromatic N) is 5. The van der Waals surface area contributed by atoms with Crippen molar-refractivity contribution in [1.29, 1.82) is 0 Å². The third-order valence-corrected chi connectivity index (χ3v) is 6.11. The molecule has 4 aromatic rings. The molecule has 0 bridgehead atoms. The van der Waals surface area contributed by atoms with E-state index in [0.717, 1.165) is 22.0 Å². The van der Waals surface area contributed by atoms with Crippen LogP contribution in [0.3, 0.4) is 0 Å². The normalized spacial score (nSPS) is 12.4. The SMILES string of the molecule is CCOC(=O)Cn1nnnc1C(C(C)C)N(Cc1ccccc1)Cc1cc2ccc(C)cc2[nH]c1=O. The number of ether oxygens (including phenoxy) is 1. The van der Waals surface area contributed by atoms with Gasteiger partial charge in [0, 0.05) is 24.2 Å². The Morgan fingerprint density at radius 2 is 1.89 bits per heavy atom. The van der Waals surface area contributed by atoms with E-state index in [1.54, 1.807) is 6.92 Å². The number of pyridine rings is 1. The summed E-state index contributed by atoms with van der Waals surface area (Å²) in [5, 5.41) is 13.2. The van der Waals surface area contributed by atoms with Gasteiger partial charge in [0.05, 0.1) is 12.6 Å². The number of nitrogens with one attached hydrogen (secondary N) is 1. The van der Waals surface area contributed by atoms with Gasteiger partial charge in [0.1, 0.15) is 6.54 Å². The second-order valence-electron chi connectivity index (χ2n) is 9.29. The minimum absolute atomic E-state index is 0.0749. The number of aromatic nitrogens is 5. The van der Waals surface area contributed by atoms with E-state index in [4.69, 9.17) is 4.74 Å². The second kappa shape index (κ2) is 11.3. The van der Waals surface area contributed by atoms with Crippen molar-refractivity contribution in [2.75, 3.05) is 6.61 Å². The highest BCUT2D eigenvalue weighted by Crippen LogP contribution is 2.30. The second-order valence-corrected chi connectivity index (χ2v) is 9.29. The van der Waals surface area contributed by atoms with E-state index in [1.165, 1.54) is 4.68 Å². The number of aryl methyl sites for hydroxylation is 1. The Hall–Kier alpha value is -3.85. The first-order valence-electron chi connectivity index (χ1n) is 12.2. The van der Waals surface area contributed by atoms with Gasteiger partial charge in [0.15, 0.2) is 5.82 Å². The topological polar surface area (TPSA) is 106 Å². The Morgan fingerprint density at radius 1 is 1.11 bits per heavy atom. The number of benzene rings is 2. The monoisotopic (exact) mass is 488 g/mol. The van der Waals surface area contributed by atoms with Crippen molar-refractivity contribution in [2.45, 2.75) is 53.4 Å². The fourth-order valence-corrected chi connectivity index (χ4v) is 4.51. The molecule has 0 fully saturated rings. The van der Waals surface area contributed by atoms with Gasteiger partial charge in [-0.05, 0) is 58.8 Å². The first-order valence-corrected chi connectivity index (χ1v) is 12.2. The van der Waals surface area contributed by atoms with Crippen LogP contribution in [0.5, 0.6) is 0 Å². The highest BCUT2D eigenvalue weighted by molar-refractivity contribution is 5.79. The van der Waals surface area contributed by atoms with Gasteiger partial charge in [0.25, 0.3) is 5.56 Å². The Labute approximate surface area is 210 Å². The molecule has 9 heteroatoms. The maximum absolute atomic E-state index is 13.1. The summed E-state index contributed by atoms with van der Waals surface area (Å²) in [5.74, 6) is 0.245. The molecule has 0 saturated carbocycles. The standard InChI is InChI=1S/C27H32N6O3/c1-5-36-24(34)17-33-26(29-30-31-33)25(18(2)3)32(15-20-9-7-6-8-10-20)16-22-14-21-12-11-19(4)13-23(21)28-27(22)35/h6-14,18,25H,5,15-17H2,1-4H3,(H,28,35). The average Bonchev–Trinajstić information content (AvgIpc) is 3.27. The summed E-state index contributed by atoms with van der Waals surface area (Å²) < 4.78 is 6.61. The van der Waals surface area contributed by atoms with Crippen LogP contribution >= 0.6 is 0 Å². The van der Waals surface area contributed by atoms with Gasteiger partial charge in [-0.25, -0.2) is 4.68 Å². The molecule has 188 valence electrons. The zero-order valence-electron chi connectivity index (χ0n) is 21.1. The van der Waals surface area contributed by atoms with Gasteiger partial charge in [-0.3, -0.25) is 14.5 Å². The Kier molecular flexibility index (Phi) is 7.90. The van der Waals surface area contributed by atoms with Crippen LogP contribution in [-0.2, 0) is 29.2 Å². The van der Waals surface area contributed by atoms with Crippen molar-refractivity contribution < 1.29 is 9.53 Å². The lowest BCUT2D eigenvalue weighted by Crippen LogP contribution is -2.35. The minimum atomic E-state index is -0.399. The molecule has 0 saturated heterocycles. The number of tetrazole rings is 1. The molecule has 1 unspecified atom stereocenters. The van der Waals surface area contributed by atoms with Crippen LogP contribution in [0, 0.1) is 12.8 Å². The minimum Gasteiger partial charge on any atom is -0.465 e. The fraction of sp³-hybridized carbons (Fsp3) is 0.370. The molecule has 2 aromatic carbocycles.